The number of cyclic esters (lactones) is 1. The first-order valence-corrected chi connectivity index (χ1v) is 9.79. The first-order chi connectivity index (χ1) is 12.5. The summed E-state index contributed by atoms with van der Waals surface area (Å²) in [6.45, 7) is 5.93. The lowest BCUT2D eigenvalue weighted by Crippen LogP contribution is -2.45. The van der Waals surface area contributed by atoms with E-state index in [0.29, 0.717) is 17.1 Å². The summed E-state index contributed by atoms with van der Waals surface area (Å²) < 4.78 is 28.1. The van der Waals surface area contributed by atoms with Crippen LogP contribution in [0.2, 0.25) is 0 Å². The predicted octanol–water partition coefficient (Wildman–Crippen LogP) is 2.27. The number of allylic oxidation sites excluding steroid dienone is 1. The smallest absolute Gasteiger partial charge is 0.334 e. The minimum absolute atomic E-state index is 0.148. The molecule has 0 bridgehead atoms. The highest BCUT2D eigenvalue weighted by molar-refractivity contribution is 7.87. The van der Waals surface area contributed by atoms with Gasteiger partial charge >= 0.3 is 11.9 Å². The molecular weight excluding hydrogens is 356 g/mol. The van der Waals surface area contributed by atoms with Gasteiger partial charge in [0, 0.05) is 17.1 Å². The number of ether oxygens (including phenoxy) is 3. The zero-order valence-corrected chi connectivity index (χ0v) is 15.8. The number of rotatable bonds is 6. The summed E-state index contributed by atoms with van der Waals surface area (Å²) in [5, 5.41) is 0. The molecule has 6 nitrogen and oxygen atoms in total. The molecule has 1 aromatic rings. The van der Waals surface area contributed by atoms with Gasteiger partial charge in [-0.05, 0) is 39.3 Å². The van der Waals surface area contributed by atoms with E-state index in [0.717, 1.165) is 5.56 Å². The Morgan fingerprint density at radius 1 is 1.27 bits per heavy atom. The van der Waals surface area contributed by atoms with Crippen LogP contribution in [0.5, 0.6) is 0 Å². The van der Waals surface area contributed by atoms with Gasteiger partial charge in [-0.1, -0.05) is 23.8 Å². The van der Waals surface area contributed by atoms with E-state index in [-0.39, 0.29) is 13.0 Å². The molecule has 2 aliphatic rings. The summed E-state index contributed by atoms with van der Waals surface area (Å²) >= 11 is 0. The van der Waals surface area contributed by atoms with E-state index in [1.165, 1.54) is 0 Å². The number of carbonyl (C=O) groups is 2. The number of fused-ring (bicyclic) bond motifs is 1. The maximum absolute atomic E-state index is 13.4. The van der Waals surface area contributed by atoms with Gasteiger partial charge in [0.25, 0.3) is 0 Å². The summed E-state index contributed by atoms with van der Waals surface area (Å²) in [6.07, 6.45) is 0.843. The zero-order valence-electron chi connectivity index (χ0n) is 15.0. The molecule has 1 heterocycles. The fourth-order valence-corrected chi connectivity index (χ4v) is 5.18. The highest BCUT2D eigenvalue weighted by atomic mass is 32.2. The van der Waals surface area contributed by atoms with Gasteiger partial charge in [-0.25, -0.2) is 4.79 Å². The first kappa shape index (κ1) is 18.8. The number of hydrogen-bond acceptors (Lipinski definition) is 6. The van der Waals surface area contributed by atoms with Crippen molar-refractivity contribution in [1.82, 2.24) is 0 Å². The van der Waals surface area contributed by atoms with E-state index < -0.39 is 39.7 Å². The molecule has 4 atom stereocenters. The van der Waals surface area contributed by atoms with Gasteiger partial charge in [0.1, 0.15) is 0 Å². The fraction of sp³-hybridized carbons (Fsp3) is 0.474. The normalized spacial score (nSPS) is 28.3. The lowest BCUT2D eigenvalue weighted by atomic mass is 9.92. The maximum Gasteiger partial charge on any atom is 0.334 e. The average Bonchev–Trinajstić information content (AvgIpc) is 3.14. The summed E-state index contributed by atoms with van der Waals surface area (Å²) in [4.78, 5) is 25.7. The molecule has 1 fully saturated rings. The molecule has 0 amide bonds. The summed E-state index contributed by atoms with van der Waals surface area (Å²) in [5.74, 6) is -1.88. The summed E-state index contributed by atoms with van der Waals surface area (Å²) in [5.41, 5.74) is 1.33. The van der Waals surface area contributed by atoms with Crippen molar-refractivity contribution in [2.75, 3.05) is 13.2 Å². The van der Waals surface area contributed by atoms with Crippen LogP contribution in [0.25, 0.3) is 0 Å². The molecule has 0 spiro atoms. The quantitative estimate of drug-likeness (QED) is 0.707. The van der Waals surface area contributed by atoms with Gasteiger partial charge in [0.2, 0.25) is 6.29 Å². The molecule has 0 saturated carbocycles. The van der Waals surface area contributed by atoms with Gasteiger partial charge in [0.05, 0.1) is 23.3 Å². The number of benzene rings is 1. The van der Waals surface area contributed by atoms with Crippen LogP contribution in [0.15, 0.2) is 40.8 Å². The SMILES string of the molecule is CCOC(=O)C1=CC[C@@]2([S@@](=O)c3ccc(C)cc3)C(=O)O[C@H](OCC)[C@@H]12. The lowest BCUT2D eigenvalue weighted by molar-refractivity contribution is -0.166. The third-order valence-electron chi connectivity index (χ3n) is 4.71. The van der Waals surface area contributed by atoms with E-state index in [1.54, 1.807) is 32.1 Å². The third-order valence-corrected chi connectivity index (χ3v) is 6.66. The Kier molecular flexibility index (Phi) is 5.29. The molecule has 7 heteroatoms. The Bertz CT molecular complexity index is 769. The highest BCUT2D eigenvalue weighted by Crippen LogP contribution is 2.51. The van der Waals surface area contributed by atoms with Crippen molar-refractivity contribution in [3.8, 4) is 0 Å². The minimum atomic E-state index is -1.70. The molecule has 1 aliphatic heterocycles. The first-order valence-electron chi connectivity index (χ1n) is 8.64. The van der Waals surface area contributed by atoms with Crippen molar-refractivity contribution in [1.29, 1.82) is 0 Å². The molecule has 140 valence electrons. The molecule has 0 aromatic heterocycles. The Balaban J connectivity index is 2.03. The molecule has 1 saturated heterocycles. The summed E-state index contributed by atoms with van der Waals surface area (Å²) in [6, 6.07) is 7.16. The van der Waals surface area contributed by atoms with Crippen LogP contribution in [0.3, 0.4) is 0 Å². The van der Waals surface area contributed by atoms with E-state index in [2.05, 4.69) is 0 Å². The van der Waals surface area contributed by atoms with Crippen molar-refractivity contribution < 1.29 is 28.0 Å². The predicted molar refractivity (Wildman–Crippen MR) is 94.6 cm³/mol. The van der Waals surface area contributed by atoms with Crippen molar-refractivity contribution in [3.05, 3.63) is 41.5 Å². The van der Waals surface area contributed by atoms with Crippen LogP contribution in [0, 0.1) is 12.8 Å². The molecular formula is C19H22O6S. The monoisotopic (exact) mass is 378 g/mol. The Morgan fingerprint density at radius 2 is 1.96 bits per heavy atom. The summed E-state index contributed by atoms with van der Waals surface area (Å²) in [7, 11) is -1.70. The van der Waals surface area contributed by atoms with Crippen molar-refractivity contribution in [3.63, 3.8) is 0 Å². The topological polar surface area (TPSA) is 78.9 Å². The minimum Gasteiger partial charge on any atom is -0.463 e. The van der Waals surface area contributed by atoms with Crippen LogP contribution in [-0.4, -0.2) is 40.4 Å². The number of carbonyl (C=O) groups excluding carboxylic acids is 2. The average molecular weight is 378 g/mol. The molecule has 0 N–H and O–H groups in total. The zero-order chi connectivity index (χ0) is 18.9. The number of aryl methyl sites for hydroxylation is 1. The Hall–Kier alpha value is -1.99. The van der Waals surface area contributed by atoms with Crippen molar-refractivity contribution >= 4 is 22.7 Å². The van der Waals surface area contributed by atoms with Crippen LogP contribution in [0.4, 0.5) is 0 Å². The second-order valence-electron chi connectivity index (χ2n) is 6.26. The number of hydrogen-bond donors (Lipinski definition) is 0. The standard InChI is InChI=1S/C19H22O6S/c1-4-23-16(20)14-10-11-19(15(14)17(24-5-2)25-18(19)21)26(22)13-8-6-12(3)7-9-13/h6-10,15,17H,4-5,11H2,1-3H3/t15-,17+,19+,26+/m1/s1. The van der Waals surface area contributed by atoms with Crippen LogP contribution < -0.4 is 0 Å². The van der Waals surface area contributed by atoms with E-state index in [1.807, 2.05) is 19.1 Å². The van der Waals surface area contributed by atoms with E-state index in [4.69, 9.17) is 14.2 Å². The Morgan fingerprint density at radius 3 is 2.58 bits per heavy atom. The molecule has 1 aliphatic carbocycles. The van der Waals surface area contributed by atoms with Crippen LogP contribution in [0.1, 0.15) is 25.8 Å². The Labute approximate surface area is 155 Å². The van der Waals surface area contributed by atoms with Gasteiger partial charge < -0.3 is 14.2 Å². The third kappa shape index (κ3) is 2.89. The van der Waals surface area contributed by atoms with Gasteiger partial charge in [-0.3, -0.25) is 9.00 Å². The second kappa shape index (κ2) is 7.32. The molecule has 1 aromatic carbocycles. The highest BCUT2D eigenvalue weighted by Gasteiger charge is 2.66. The van der Waals surface area contributed by atoms with E-state index in [9.17, 15) is 13.8 Å². The van der Waals surface area contributed by atoms with Gasteiger partial charge in [-0.15, -0.1) is 0 Å². The van der Waals surface area contributed by atoms with E-state index >= 15 is 0 Å². The van der Waals surface area contributed by atoms with Crippen LogP contribution >= 0.6 is 0 Å². The molecule has 3 rings (SSSR count). The molecule has 26 heavy (non-hydrogen) atoms. The fourth-order valence-electron chi connectivity index (χ4n) is 3.47. The number of esters is 2. The van der Waals surface area contributed by atoms with Crippen LogP contribution in [-0.2, 0) is 34.6 Å². The lowest BCUT2D eigenvalue weighted by Gasteiger charge is -2.26. The van der Waals surface area contributed by atoms with Crippen molar-refractivity contribution in [2.24, 2.45) is 5.92 Å². The molecule has 0 unspecified atom stereocenters. The van der Waals surface area contributed by atoms with Crippen molar-refractivity contribution in [2.45, 2.75) is 43.1 Å². The second-order valence-corrected chi connectivity index (χ2v) is 8.00. The maximum atomic E-state index is 13.4. The largest absolute Gasteiger partial charge is 0.463 e. The van der Waals surface area contributed by atoms with Gasteiger partial charge in [-0.2, -0.15) is 0 Å². The molecule has 0 radical (unpaired) electrons. The van der Waals surface area contributed by atoms with Gasteiger partial charge in [0.15, 0.2) is 4.75 Å².